The Morgan fingerprint density at radius 1 is 1.58 bits per heavy atom. The van der Waals surface area contributed by atoms with Crippen LogP contribution < -0.4 is 15.4 Å². The summed E-state index contributed by atoms with van der Waals surface area (Å²) < 4.78 is 18.8. The third-order valence-electron chi connectivity index (χ3n) is 3.41. The quantitative estimate of drug-likeness (QED) is 0.878. The highest BCUT2D eigenvalue weighted by Gasteiger charge is 2.36. The van der Waals surface area contributed by atoms with E-state index in [0.717, 1.165) is 13.0 Å². The summed E-state index contributed by atoms with van der Waals surface area (Å²) in [5, 5.41) is 5.92. The number of amides is 1. The van der Waals surface area contributed by atoms with E-state index >= 15 is 0 Å². The van der Waals surface area contributed by atoms with Crippen molar-refractivity contribution in [2.45, 2.75) is 20.3 Å². The fraction of sp³-hybridized carbons (Fsp3) is 0.500. The minimum atomic E-state index is -0.464. The molecule has 0 aliphatic carbocycles. The maximum atomic E-state index is 13.7. The van der Waals surface area contributed by atoms with Gasteiger partial charge in [0, 0.05) is 18.3 Å². The Kier molecular flexibility index (Phi) is 4.04. The highest BCUT2D eigenvalue weighted by atomic mass is 19.1. The molecule has 2 N–H and O–H groups in total. The second kappa shape index (κ2) is 5.57. The molecular weight excluding hydrogens is 247 g/mol. The Labute approximate surface area is 112 Å². The molecule has 0 aromatic heterocycles. The van der Waals surface area contributed by atoms with Crippen LogP contribution in [0.5, 0.6) is 5.75 Å². The normalized spacial score (nSPS) is 22.3. The van der Waals surface area contributed by atoms with Gasteiger partial charge < -0.3 is 15.4 Å². The highest BCUT2D eigenvalue weighted by molar-refractivity contribution is 5.95. The molecule has 4 nitrogen and oxygen atoms in total. The van der Waals surface area contributed by atoms with Crippen molar-refractivity contribution in [2.75, 3.05) is 25.0 Å². The molecular formula is C14H19FN2O2. The van der Waals surface area contributed by atoms with Gasteiger partial charge in [-0.1, -0.05) is 0 Å². The number of halogens is 1. The SMILES string of the molecule is CCOc1ccc(NC(=O)C2(C)CCNC2)cc1F. The lowest BCUT2D eigenvalue weighted by molar-refractivity contribution is -0.123. The number of benzene rings is 1. The number of anilines is 1. The Bertz CT molecular complexity index is 471. The van der Waals surface area contributed by atoms with Crippen LogP contribution in [-0.4, -0.2) is 25.6 Å². The maximum absolute atomic E-state index is 13.7. The van der Waals surface area contributed by atoms with E-state index in [0.29, 0.717) is 18.8 Å². The lowest BCUT2D eigenvalue weighted by Crippen LogP contribution is -2.35. The summed E-state index contributed by atoms with van der Waals surface area (Å²) in [6.45, 7) is 5.60. The van der Waals surface area contributed by atoms with Crippen molar-refractivity contribution >= 4 is 11.6 Å². The average molecular weight is 266 g/mol. The van der Waals surface area contributed by atoms with Crippen molar-refractivity contribution in [3.63, 3.8) is 0 Å². The summed E-state index contributed by atoms with van der Waals surface area (Å²) in [5.41, 5.74) is 0.0359. The number of hydrogen-bond acceptors (Lipinski definition) is 3. The van der Waals surface area contributed by atoms with Gasteiger partial charge in [0.05, 0.1) is 12.0 Å². The first-order valence-electron chi connectivity index (χ1n) is 6.50. The molecule has 1 atom stereocenters. The molecule has 19 heavy (non-hydrogen) atoms. The molecule has 1 unspecified atom stereocenters. The minimum absolute atomic E-state index is 0.0824. The Morgan fingerprint density at radius 2 is 2.37 bits per heavy atom. The van der Waals surface area contributed by atoms with Crippen LogP contribution in [0, 0.1) is 11.2 Å². The molecule has 1 heterocycles. The van der Waals surface area contributed by atoms with Crippen molar-refractivity contribution < 1.29 is 13.9 Å². The molecule has 104 valence electrons. The zero-order valence-corrected chi connectivity index (χ0v) is 11.3. The van der Waals surface area contributed by atoms with Gasteiger partial charge in [-0.3, -0.25) is 4.79 Å². The molecule has 0 saturated carbocycles. The molecule has 0 bridgehead atoms. The molecule has 1 aliphatic heterocycles. The molecule has 5 heteroatoms. The van der Waals surface area contributed by atoms with E-state index in [1.807, 2.05) is 6.92 Å². The van der Waals surface area contributed by atoms with Crippen LogP contribution in [0.4, 0.5) is 10.1 Å². The summed E-state index contributed by atoms with van der Waals surface area (Å²) >= 11 is 0. The van der Waals surface area contributed by atoms with E-state index in [1.54, 1.807) is 13.0 Å². The molecule has 1 aromatic carbocycles. The van der Waals surface area contributed by atoms with Crippen LogP contribution in [0.3, 0.4) is 0 Å². The van der Waals surface area contributed by atoms with E-state index in [9.17, 15) is 9.18 Å². The Morgan fingerprint density at radius 3 is 2.95 bits per heavy atom. The molecule has 1 aliphatic rings. The second-order valence-electron chi connectivity index (χ2n) is 5.02. The van der Waals surface area contributed by atoms with Gasteiger partial charge in [-0.15, -0.1) is 0 Å². The van der Waals surface area contributed by atoms with E-state index in [1.165, 1.54) is 12.1 Å². The highest BCUT2D eigenvalue weighted by Crippen LogP contribution is 2.27. The predicted octanol–water partition coefficient (Wildman–Crippen LogP) is 2.16. The van der Waals surface area contributed by atoms with Crippen molar-refractivity contribution in [1.29, 1.82) is 0 Å². The van der Waals surface area contributed by atoms with E-state index < -0.39 is 11.2 Å². The van der Waals surface area contributed by atoms with Crippen LogP contribution in [-0.2, 0) is 4.79 Å². The van der Waals surface area contributed by atoms with Gasteiger partial charge in [0.2, 0.25) is 5.91 Å². The first-order chi connectivity index (χ1) is 9.05. The smallest absolute Gasteiger partial charge is 0.231 e. The fourth-order valence-corrected chi connectivity index (χ4v) is 2.14. The average Bonchev–Trinajstić information content (AvgIpc) is 2.81. The molecule has 2 rings (SSSR count). The zero-order chi connectivity index (χ0) is 13.9. The molecule has 0 spiro atoms. The minimum Gasteiger partial charge on any atom is -0.491 e. The molecule has 1 aromatic rings. The number of carbonyl (C=O) groups excluding carboxylic acids is 1. The number of ether oxygens (including phenoxy) is 1. The van der Waals surface area contributed by atoms with Gasteiger partial charge in [0.15, 0.2) is 11.6 Å². The van der Waals surface area contributed by atoms with Crippen LogP contribution in [0.1, 0.15) is 20.3 Å². The van der Waals surface area contributed by atoms with Crippen molar-refractivity contribution in [2.24, 2.45) is 5.41 Å². The van der Waals surface area contributed by atoms with Crippen LogP contribution in [0.15, 0.2) is 18.2 Å². The van der Waals surface area contributed by atoms with Crippen molar-refractivity contribution in [3.8, 4) is 5.75 Å². The van der Waals surface area contributed by atoms with Crippen molar-refractivity contribution in [3.05, 3.63) is 24.0 Å². The summed E-state index contributed by atoms with van der Waals surface area (Å²) in [6, 6.07) is 4.47. The number of carbonyl (C=O) groups is 1. The Hall–Kier alpha value is -1.62. The predicted molar refractivity (Wildman–Crippen MR) is 71.8 cm³/mol. The number of hydrogen-bond donors (Lipinski definition) is 2. The van der Waals surface area contributed by atoms with Gasteiger partial charge in [0.25, 0.3) is 0 Å². The number of rotatable bonds is 4. The largest absolute Gasteiger partial charge is 0.491 e. The van der Waals surface area contributed by atoms with E-state index in [4.69, 9.17) is 4.74 Å². The fourth-order valence-electron chi connectivity index (χ4n) is 2.14. The van der Waals surface area contributed by atoms with Crippen LogP contribution >= 0.6 is 0 Å². The second-order valence-corrected chi connectivity index (χ2v) is 5.02. The van der Waals surface area contributed by atoms with Gasteiger partial charge in [-0.05, 0) is 38.9 Å². The monoisotopic (exact) mass is 266 g/mol. The third-order valence-corrected chi connectivity index (χ3v) is 3.41. The van der Waals surface area contributed by atoms with E-state index in [2.05, 4.69) is 10.6 Å². The molecule has 0 radical (unpaired) electrons. The topological polar surface area (TPSA) is 50.4 Å². The van der Waals surface area contributed by atoms with Gasteiger partial charge in [0.1, 0.15) is 0 Å². The maximum Gasteiger partial charge on any atom is 0.231 e. The standard InChI is InChI=1S/C14H19FN2O2/c1-3-19-12-5-4-10(8-11(12)15)17-13(18)14(2)6-7-16-9-14/h4-5,8,16H,3,6-7,9H2,1-2H3,(H,17,18). The first kappa shape index (κ1) is 13.8. The molecule has 1 fully saturated rings. The van der Waals surface area contributed by atoms with Gasteiger partial charge in [-0.25, -0.2) is 4.39 Å². The lowest BCUT2D eigenvalue weighted by Gasteiger charge is -2.21. The summed E-state index contributed by atoms with van der Waals surface area (Å²) in [6.07, 6.45) is 0.790. The first-order valence-corrected chi connectivity index (χ1v) is 6.50. The summed E-state index contributed by atoms with van der Waals surface area (Å²) in [4.78, 5) is 12.2. The van der Waals surface area contributed by atoms with E-state index in [-0.39, 0.29) is 11.7 Å². The van der Waals surface area contributed by atoms with Gasteiger partial charge in [-0.2, -0.15) is 0 Å². The number of nitrogens with one attached hydrogen (secondary N) is 2. The third kappa shape index (κ3) is 3.04. The summed E-state index contributed by atoms with van der Waals surface area (Å²) in [7, 11) is 0. The van der Waals surface area contributed by atoms with Gasteiger partial charge >= 0.3 is 0 Å². The Balaban J connectivity index is 2.07. The summed E-state index contributed by atoms with van der Waals surface area (Å²) in [5.74, 6) is -0.343. The van der Waals surface area contributed by atoms with Crippen LogP contribution in [0.25, 0.3) is 0 Å². The zero-order valence-electron chi connectivity index (χ0n) is 11.3. The molecule has 1 amide bonds. The molecule has 1 saturated heterocycles. The lowest BCUT2D eigenvalue weighted by atomic mass is 9.89. The van der Waals surface area contributed by atoms with Crippen LogP contribution in [0.2, 0.25) is 0 Å². The van der Waals surface area contributed by atoms with Crippen molar-refractivity contribution in [1.82, 2.24) is 5.32 Å².